The number of carbonyl (C=O) groups excluding carboxylic acids is 1. The van der Waals surface area contributed by atoms with Crippen LogP contribution in [0.15, 0.2) is 127 Å². The Balaban J connectivity index is 1.27. The summed E-state index contributed by atoms with van der Waals surface area (Å²) in [4.78, 5) is 27.2. The summed E-state index contributed by atoms with van der Waals surface area (Å²) in [6.07, 6.45) is -1.02. The molecular formula is C39H33NO6S. The zero-order valence-electron chi connectivity index (χ0n) is 25.8. The highest BCUT2D eigenvalue weighted by Crippen LogP contribution is 2.42. The molecule has 1 heterocycles. The van der Waals surface area contributed by atoms with E-state index in [0.29, 0.717) is 30.1 Å². The van der Waals surface area contributed by atoms with Crippen LogP contribution < -0.4 is 14.2 Å². The Hall–Kier alpha value is -5.60. The van der Waals surface area contributed by atoms with Gasteiger partial charge < -0.3 is 24.2 Å². The molecule has 1 aromatic heterocycles. The molecule has 47 heavy (non-hydrogen) atoms. The highest BCUT2D eigenvalue weighted by atomic mass is 32.1. The van der Waals surface area contributed by atoms with Crippen molar-refractivity contribution in [3.05, 3.63) is 150 Å². The molecule has 1 N–H and O–H groups in total. The van der Waals surface area contributed by atoms with Crippen LogP contribution in [0.5, 0.6) is 17.2 Å². The molecule has 0 spiro atoms. The SMILES string of the molecule is CN(CCOc1ccc(C(=O)c2c(-c3ccc(OCc4ccccc4)cc3)sc3cc(OCc4ccccc4)ccc23)cc1)C(=O)O. The Labute approximate surface area is 277 Å². The monoisotopic (exact) mass is 643 g/mol. The molecule has 236 valence electrons. The number of ketones is 1. The Kier molecular flexibility index (Phi) is 9.79. The van der Waals surface area contributed by atoms with Gasteiger partial charge in [0.2, 0.25) is 0 Å². The Morgan fingerprint density at radius 3 is 1.85 bits per heavy atom. The molecule has 6 rings (SSSR count). The number of benzene rings is 5. The van der Waals surface area contributed by atoms with E-state index in [-0.39, 0.29) is 18.9 Å². The predicted molar refractivity (Wildman–Crippen MR) is 185 cm³/mol. The van der Waals surface area contributed by atoms with Crippen molar-refractivity contribution in [2.45, 2.75) is 13.2 Å². The smallest absolute Gasteiger partial charge is 0.407 e. The zero-order valence-corrected chi connectivity index (χ0v) is 26.6. The summed E-state index contributed by atoms with van der Waals surface area (Å²) in [7, 11) is 1.49. The van der Waals surface area contributed by atoms with Crippen LogP contribution in [0.2, 0.25) is 0 Å². The van der Waals surface area contributed by atoms with Gasteiger partial charge in [0, 0.05) is 33.1 Å². The summed E-state index contributed by atoms with van der Waals surface area (Å²) in [6.45, 7) is 1.35. The quantitative estimate of drug-likeness (QED) is 0.127. The van der Waals surface area contributed by atoms with Gasteiger partial charge in [-0.2, -0.15) is 0 Å². The number of carbonyl (C=O) groups is 2. The molecule has 7 nitrogen and oxygen atoms in total. The van der Waals surface area contributed by atoms with Gasteiger partial charge >= 0.3 is 6.09 Å². The minimum absolute atomic E-state index is 0.106. The van der Waals surface area contributed by atoms with Crippen LogP contribution in [-0.4, -0.2) is 42.1 Å². The first-order chi connectivity index (χ1) is 22.9. The van der Waals surface area contributed by atoms with Crippen LogP contribution in [0, 0.1) is 0 Å². The lowest BCUT2D eigenvalue weighted by molar-refractivity contribution is 0.104. The van der Waals surface area contributed by atoms with E-state index in [1.807, 2.05) is 103 Å². The molecule has 0 atom stereocenters. The second kappa shape index (κ2) is 14.7. The number of nitrogens with zero attached hydrogens (tertiary/aromatic N) is 1. The first-order valence-corrected chi connectivity index (χ1v) is 16.0. The number of likely N-dealkylation sites (N-methyl/N-ethyl adjacent to an activating group) is 1. The van der Waals surface area contributed by atoms with Crippen molar-refractivity contribution in [2.24, 2.45) is 0 Å². The molecule has 0 radical (unpaired) electrons. The number of hydrogen-bond donors (Lipinski definition) is 1. The minimum atomic E-state index is -1.02. The lowest BCUT2D eigenvalue weighted by Gasteiger charge is -2.13. The maximum Gasteiger partial charge on any atom is 0.407 e. The molecule has 6 aromatic rings. The van der Waals surface area contributed by atoms with Crippen LogP contribution in [-0.2, 0) is 13.2 Å². The van der Waals surface area contributed by atoms with E-state index in [9.17, 15) is 9.59 Å². The Bertz CT molecular complexity index is 1960. The normalized spacial score (nSPS) is 10.8. The van der Waals surface area contributed by atoms with Gasteiger partial charge in [0.05, 0.1) is 6.54 Å². The standard InChI is InChI=1S/C39H33NO6S/c1-40(39(42)43)22-23-44-31-16-12-29(13-17-31)37(41)36-34-21-20-33(46-26-28-10-6-3-7-11-28)24-35(34)47-38(36)30-14-18-32(19-15-30)45-25-27-8-4-2-5-9-27/h2-21,24H,22-23,25-26H2,1H3,(H,42,43). The lowest BCUT2D eigenvalue weighted by Crippen LogP contribution is -2.29. The summed E-state index contributed by atoms with van der Waals surface area (Å²) in [5, 5.41) is 9.89. The Morgan fingerprint density at radius 2 is 1.23 bits per heavy atom. The van der Waals surface area contributed by atoms with Crippen LogP contribution in [0.4, 0.5) is 4.79 Å². The molecule has 1 amide bonds. The van der Waals surface area contributed by atoms with Gasteiger partial charge in [0.25, 0.3) is 0 Å². The largest absolute Gasteiger partial charge is 0.492 e. The third-order valence-electron chi connectivity index (χ3n) is 7.64. The van der Waals surface area contributed by atoms with Gasteiger partial charge in [-0.3, -0.25) is 4.79 Å². The van der Waals surface area contributed by atoms with Crippen molar-refractivity contribution in [1.29, 1.82) is 0 Å². The number of ether oxygens (including phenoxy) is 3. The van der Waals surface area contributed by atoms with E-state index in [2.05, 4.69) is 0 Å². The summed E-state index contributed by atoms with van der Waals surface area (Å²) in [6, 6.07) is 40.6. The Morgan fingerprint density at radius 1 is 0.681 bits per heavy atom. The van der Waals surface area contributed by atoms with Gasteiger partial charge in [-0.15, -0.1) is 11.3 Å². The highest BCUT2D eigenvalue weighted by molar-refractivity contribution is 7.22. The number of carboxylic acid groups (broad SMARTS) is 1. The maximum absolute atomic E-state index is 14.2. The van der Waals surface area contributed by atoms with E-state index in [1.54, 1.807) is 35.6 Å². The van der Waals surface area contributed by atoms with Crippen LogP contribution >= 0.6 is 11.3 Å². The van der Waals surface area contributed by atoms with Crippen molar-refractivity contribution in [1.82, 2.24) is 4.90 Å². The van der Waals surface area contributed by atoms with Crippen LogP contribution in [0.3, 0.4) is 0 Å². The predicted octanol–water partition coefficient (Wildman–Crippen LogP) is 8.95. The van der Waals surface area contributed by atoms with Gasteiger partial charge in [-0.05, 0) is 83.4 Å². The van der Waals surface area contributed by atoms with Crippen LogP contribution in [0.25, 0.3) is 20.5 Å². The van der Waals surface area contributed by atoms with E-state index < -0.39 is 6.09 Å². The molecule has 5 aromatic carbocycles. The van der Waals surface area contributed by atoms with E-state index >= 15 is 0 Å². The maximum atomic E-state index is 14.2. The first kappa shape index (κ1) is 31.4. The zero-order chi connectivity index (χ0) is 32.6. The van der Waals surface area contributed by atoms with Crippen molar-refractivity contribution in [2.75, 3.05) is 20.2 Å². The molecule has 0 saturated heterocycles. The van der Waals surface area contributed by atoms with Gasteiger partial charge in [-0.1, -0.05) is 60.7 Å². The van der Waals surface area contributed by atoms with Crippen molar-refractivity contribution in [3.8, 4) is 27.7 Å². The van der Waals surface area contributed by atoms with Crippen LogP contribution in [0.1, 0.15) is 27.0 Å². The van der Waals surface area contributed by atoms with Crippen molar-refractivity contribution in [3.63, 3.8) is 0 Å². The fourth-order valence-electron chi connectivity index (χ4n) is 5.02. The number of rotatable bonds is 13. The fourth-order valence-corrected chi connectivity index (χ4v) is 6.26. The summed E-state index contributed by atoms with van der Waals surface area (Å²) in [5.41, 5.74) is 4.22. The molecule has 0 unspecified atom stereocenters. The third kappa shape index (κ3) is 7.80. The highest BCUT2D eigenvalue weighted by Gasteiger charge is 2.22. The second-order valence-electron chi connectivity index (χ2n) is 10.9. The second-order valence-corrected chi connectivity index (χ2v) is 12.0. The fraction of sp³-hybridized carbons (Fsp3) is 0.128. The number of thiophene rings is 1. The van der Waals surface area contributed by atoms with E-state index in [4.69, 9.17) is 19.3 Å². The van der Waals surface area contributed by atoms with E-state index in [0.717, 1.165) is 48.1 Å². The molecule has 0 saturated carbocycles. The average Bonchev–Trinajstić information content (AvgIpc) is 3.49. The number of amides is 1. The number of fused-ring (bicyclic) bond motifs is 1. The molecule has 0 aliphatic rings. The average molecular weight is 644 g/mol. The van der Waals surface area contributed by atoms with Crippen molar-refractivity contribution < 1.29 is 28.9 Å². The van der Waals surface area contributed by atoms with Gasteiger partial charge in [-0.25, -0.2) is 4.79 Å². The molecular weight excluding hydrogens is 610 g/mol. The van der Waals surface area contributed by atoms with E-state index in [1.165, 1.54) is 7.05 Å². The topological polar surface area (TPSA) is 85.3 Å². The first-order valence-electron chi connectivity index (χ1n) is 15.2. The van der Waals surface area contributed by atoms with Gasteiger partial charge in [0.15, 0.2) is 5.78 Å². The molecule has 0 aliphatic heterocycles. The summed E-state index contributed by atoms with van der Waals surface area (Å²) in [5.74, 6) is 1.92. The molecule has 8 heteroatoms. The molecule has 0 bridgehead atoms. The summed E-state index contributed by atoms with van der Waals surface area (Å²) < 4.78 is 18.8. The summed E-state index contributed by atoms with van der Waals surface area (Å²) >= 11 is 1.55. The minimum Gasteiger partial charge on any atom is -0.492 e. The molecule has 0 fully saturated rings. The van der Waals surface area contributed by atoms with Crippen molar-refractivity contribution >= 4 is 33.3 Å². The third-order valence-corrected chi connectivity index (χ3v) is 8.84. The van der Waals surface area contributed by atoms with Gasteiger partial charge in [0.1, 0.15) is 37.1 Å². The number of hydrogen-bond acceptors (Lipinski definition) is 6. The lowest BCUT2D eigenvalue weighted by atomic mass is 9.97. The molecule has 0 aliphatic carbocycles.